The van der Waals surface area contributed by atoms with Crippen molar-refractivity contribution < 1.29 is 29.1 Å². The summed E-state index contributed by atoms with van der Waals surface area (Å²) >= 11 is 0. The second kappa shape index (κ2) is 13.0. The molecule has 0 saturated heterocycles. The summed E-state index contributed by atoms with van der Waals surface area (Å²) in [6.07, 6.45) is 5.61. The lowest BCUT2D eigenvalue weighted by molar-refractivity contribution is -0.153. The second-order valence-electron chi connectivity index (χ2n) is 8.90. The Balaban J connectivity index is 2.32. The van der Waals surface area contributed by atoms with Crippen LogP contribution in [0.2, 0.25) is 0 Å². The van der Waals surface area contributed by atoms with Gasteiger partial charge in [0.05, 0.1) is 18.9 Å². The molecule has 0 heterocycles. The van der Waals surface area contributed by atoms with E-state index in [1.807, 2.05) is 13.8 Å². The van der Waals surface area contributed by atoms with Gasteiger partial charge >= 0.3 is 5.97 Å². The Morgan fingerprint density at radius 1 is 1.12 bits per heavy atom. The molecule has 0 spiro atoms. The molecule has 0 bridgehead atoms. The van der Waals surface area contributed by atoms with Crippen LogP contribution in [0.4, 0.5) is 0 Å². The number of nitrogens with one attached hydrogen (secondary N) is 2. The molecule has 1 aromatic carbocycles. The van der Waals surface area contributed by atoms with E-state index in [1.165, 1.54) is 6.08 Å². The van der Waals surface area contributed by atoms with E-state index in [1.54, 1.807) is 36.9 Å². The lowest BCUT2D eigenvalue weighted by atomic mass is 9.82. The van der Waals surface area contributed by atoms with Gasteiger partial charge in [0.15, 0.2) is 6.04 Å². The van der Waals surface area contributed by atoms with Crippen LogP contribution in [-0.2, 0) is 19.1 Å². The summed E-state index contributed by atoms with van der Waals surface area (Å²) in [6.45, 7) is 7.55. The molecule has 2 amide bonds. The highest BCUT2D eigenvalue weighted by Gasteiger charge is 2.36. The first-order valence-electron chi connectivity index (χ1n) is 11.5. The summed E-state index contributed by atoms with van der Waals surface area (Å²) in [5.74, 6) is -2.52. The first-order valence-corrected chi connectivity index (χ1v) is 11.5. The molecular weight excluding hydrogens is 424 g/mol. The fourth-order valence-corrected chi connectivity index (χ4v) is 4.24. The van der Waals surface area contributed by atoms with Crippen molar-refractivity contribution in [2.24, 2.45) is 17.8 Å². The minimum Gasteiger partial charge on any atom is -0.497 e. The Hall–Kier alpha value is -2.87. The van der Waals surface area contributed by atoms with E-state index in [4.69, 9.17) is 9.47 Å². The van der Waals surface area contributed by atoms with E-state index < -0.39 is 35.7 Å². The van der Waals surface area contributed by atoms with Crippen molar-refractivity contribution in [3.63, 3.8) is 0 Å². The molecule has 1 saturated carbocycles. The van der Waals surface area contributed by atoms with E-state index in [2.05, 4.69) is 11.9 Å². The van der Waals surface area contributed by atoms with Gasteiger partial charge in [-0.2, -0.15) is 0 Å². The zero-order chi connectivity index (χ0) is 24.4. The molecule has 8 nitrogen and oxygen atoms in total. The normalized spacial score (nSPS) is 16.5. The van der Waals surface area contributed by atoms with Gasteiger partial charge in [-0.15, -0.1) is 6.58 Å². The Morgan fingerprint density at radius 3 is 2.27 bits per heavy atom. The SMILES string of the molecule is C=CC[C@H](C(=O)NO)[C@@H](CC(C)C)C(=O)NC(C(=O)OC1CCCC1)c1ccc(OC)cc1. The quantitative estimate of drug-likeness (QED) is 0.190. The van der Waals surface area contributed by atoms with Crippen LogP contribution < -0.4 is 15.5 Å². The largest absolute Gasteiger partial charge is 0.497 e. The molecule has 3 atom stereocenters. The average Bonchev–Trinajstić information content (AvgIpc) is 3.32. The van der Waals surface area contributed by atoms with E-state index in [0.717, 1.165) is 25.7 Å². The number of hydrogen-bond donors (Lipinski definition) is 3. The monoisotopic (exact) mass is 460 g/mol. The van der Waals surface area contributed by atoms with E-state index in [-0.39, 0.29) is 18.4 Å². The van der Waals surface area contributed by atoms with Crippen molar-refractivity contribution in [2.45, 2.75) is 64.5 Å². The molecule has 8 heteroatoms. The van der Waals surface area contributed by atoms with Crippen molar-refractivity contribution in [2.75, 3.05) is 7.11 Å². The van der Waals surface area contributed by atoms with Crippen LogP contribution >= 0.6 is 0 Å². The van der Waals surface area contributed by atoms with Gasteiger partial charge in [-0.05, 0) is 62.1 Å². The van der Waals surface area contributed by atoms with Gasteiger partial charge in [-0.25, -0.2) is 10.3 Å². The Labute approximate surface area is 195 Å². The lowest BCUT2D eigenvalue weighted by Crippen LogP contribution is -2.45. The molecule has 1 aliphatic carbocycles. The summed E-state index contributed by atoms with van der Waals surface area (Å²) in [4.78, 5) is 38.9. The van der Waals surface area contributed by atoms with Gasteiger partial charge < -0.3 is 14.8 Å². The van der Waals surface area contributed by atoms with Crippen molar-refractivity contribution in [3.05, 3.63) is 42.5 Å². The smallest absolute Gasteiger partial charge is 0.333 e. The van der Waals surface area contributed by atoms with Crippen LogP contribution in [0.1, 0.15) is 64.0 Å². The zero-order valence-corrected chi connectivity index (χ0v) is 19.7. The molecule has 2 rings (SSSR count). The van der Waals surface area contributed by atoms with E-state index in [9.17, 15) is 19.6 Å². The molecule has 1 unspecified atom stereocenters. The number of methoxy groups -OCH3 is 1. The standard InChI is InChI=1S/C25H36N2O6/c1-5-8-20(24(29)27-31)21(15-16(2)3)23(28)26-22(17-11-13-18(32-4)14-12-17)25(30)33-19-9-6-7-10-19/h5,11-14,16,19-22,31H,1,6-10,15H2,2-4H3,(H,26,28)(H,27,29)/t20-,21+,22?/m0/s1. The number of esters is 1. The number of hydroxylamine groups is 1. The Morgan fingerprint density at radius 2 is 1.76 bits per heavy atom. The highest BCUT2D eigenvalue weighted by molar-refractivity contribution is 5.90. The molecule has 1 fully saturated rings. The van der Waals surface area contributed by atoms with Gasteiger partial charge in [0.2, 0.25) is 11.8 Å². The molecule has 0 aromatic heterocycles. The summed E-state index contributed by atoms with van der Waals surface area (Å²) in [7, 11) is 1.55. The summed E-state index contributed by atoms with van der Waals surface area (Å²) < 4.78 is 10.9. The average molecular weight is 461 g/mol. The van der Waals surface area contributed by atoms with Gasteiger partial charge in [-0.1, -0.05) is 32.1 Å². The number of carbonyl (C=O) groups excluding carboxylic acids is 3. The highest BCUT2D eigenvalue weighted by Crippen LogP contribution is 2.28. The minimum absolute atomic E-state index is 0.101. The molecule has 0 radical (unpaired) electrons. The van der Waals surface area contributed by atoms with Crippen LogP contribution in [-0.4, -0.2) is 36.2 Å². The number of benzene rings is 1. The summed E-state index contributed by atoms with van der Waals surface area (Å²) in [5, 5.41) is 12.0. The van der Waals surface area contributed by atoms with Crippen molar-refractivity contribution in [1.82, 2.24) is 10.8 Å². The van der Waals surface area contributed by atoms with Crippen molar-refractivity contribution in [3.8, 4) is 5.75 Å². The van der Waals surface area contributed by atoms with E-state index in [0.29, 0.717) is 17.7 Å². The van der Waals surface area contributed by atoms with Gasteiger partial charge in [0.25, 0.3) is 0 Å². The Kier molecular flexibility index (Phi) is 10.4. The maximum atomic E-state index is 13.4. The second-order valence-corrected chi connectivity index (χ2v) is 8.90. The topological polar surface area (TPSA) is 114 Å². The number of hydrogen-bond acceptors (Lipinski definition) is 6. The number of rotatable bonds is 12. The van der Waals surface area contributed by atoms with Crippen LogP contribution in [0, 0.1) is 17.8 Å². The van der Waals surface area contributed by atoms with Crippen molar-refractivity contribution >= 4 is 17.8 Å². The summed E-state index contributed by atoms with van der Waals surface area (Å²) in [5.41, 5.74) is 2.21. The Bertz CT molecular complexity index is 802. The third-order valence-corrected chi connectivity index (χ3v) is 5.97. The number of carbonyl (C=O) groups is 3. The van der Waals surface area contributed by atoms with Crippen molar-refractivity contribution in [1.29, 1.82) is 0 Å². The molecule has 0 aliphatic heterocycles. The van der Waals surface area contributed by atoms with Crippen LogP contribution in [0.5, 0.6) is 5.75 Å². The maximum Gasteiger partial charge on any atom is 0.333 e. The number of allylic oxidation sites excluding steroid dienone is 1. The summed E-state index contributed by atoms with van der Waals surface area (Å²) in [6, 6.07) is 5.81. The molecule has 33 heavy (non-hydrogen) atoms. The van der Waals surface area contributed by atoms with Gasteiger partial charge in [0.1, 0.15) is 11.9 Å². The fourth-order valence-electron chi connectivity index (χ4n) is 4.24. The van der Waals surface area contributed by atoms with Crippen LogP contribution in [0.3, 0.4) is 0 Å². The number of amides is 2. The molecule has 1 aliphatic rings. The molecule has 3 N–H and O–H groups in total. The van der Waals surface area contributed by atoms with Gasteiger partial charge in [0, 0.05) is 0 Å². The fraction of sp³-hybridized carbons (Fsp3) is 0.560. The predicted molar refractivity (Wildman–Crippen MR) is 123 cm³/mol. The molecule has 1 aromatic rings. The number of ether oxygens (including phenoxy) is 2. The third kappa shape index (κ3) is 7.60. The zero-order valence-electron chi connectivity index (χ0n) is 19.7. The molecular formula is C25H36N2O6. The predicted octanol–water partition coefficient (Wildman–Crippen LogP) is 3.70. The minimum atomic E-state index is -1.03. The lowest BCUT2D eigenvalue weighted by Gasteiger charge is -2.28. The first kappa shape index (κ1) is 26.4. The van der Waals surface area contributed by atoms with Crippen LogP contribution in [0.15, 0.2) is 36.9 Å². The highest BCUT2D eigenvalue weighted by atomic mass is 16.5. The third-order valence-electron chi connectivity index (χ3n) is 5.97. The van der Waals surface area contributed by atoms with Crippen LogP contribution in [0.25, 0.3) is 0 Å². The van der Waals surface area contributed by atoms with Gasteiger partial charge in [-0.3, -0.25) is 14.8 Å². The first-order chi connectivity index (χ1) is 15.8. The van der Waals surface area contributed by atoms with E-state index >= 15 is 0 Å². The maximum absolute atomic E-state index is 13.4. The molecule has 182 valence electrons.